The van der Waals surface area contributed by atoms with Gasteiger partial charge >= 0.3 is 5.97 Å². The largest absolute Gasteiger partial charge is 0.467 e. The van der Waals surface area contributed by atoms with Crippen LogP contribution in [0.1, 0.15) is 29.5 Å². The van der Waals surface area contributed by atoms with Crippen LogP contribution in [0.15, 0.2) is 47.1 Å². The summed E-state index contributed by atoms with van der Waals surface area (Å²) >= 11 is 0. The summed E-state index contributed by atoms with van der Waals surface area (Å²) in [4.78, 5) is 49.4. The molecular formula is C20H20N2O6. The van der Waals surface area contributed by atoms with Crippen LogP contribution in [0.25, 0.3) is 0 Å². The standard InChI is InChI=1S/C20H20N2O6/c1-13(23)16-6-2-3-7-17(16)21-18(24)12-28-20(26)14-9-19(25)22(10-14)11-15-5-4-8-27-15/h2-8,14H,9-12H2,1H3,(H,21,24)/t14-/m1/s1. The van der Waals surface area contributed by atoms with Crippen molar-refractivity contribution in [1.82, 2.24) is 4.90 Å². The molecule has 0 spiro atoms. The van der Waals surface area contributed by atoms with E-state index >= 15 is 0 Å². The molecule has 8 heteroatoms. The van der Waals surface area contributed by atoms with Crippen LogP contribution in [0.5, 0.6) is 0 Å². The highest BCUT2D eigenvalue weighted by molar-refractivity contribution is 6.04. The van der Waals surface area contributed by atoms with Crippen LogP contribution < -0.4 is 5.32 Å². The molecule has 1 fully saturated rings. The second-order valence-corrected chi connectivity index (χ2v) is 6.51. The Morgan fingerprint density at radius 1 is 1.21 bits per heavy atom. The molecule has 0 aliphatic carbocycles. The van der Waals surface area contributed by atoms with Gasteiger partial charge in [-0.3, -0.25) is 19.2 Å². The molecular weight excluding hydrogens is 364 g/mol. The third-order valence-electron chi connectivity index (χ3n) is 4.40. The van der Waals surface area contributed by atoms with Crippen molar-refractivity contribution >= 4 is 29.3 Å². The first-order chi connectivity index (χ1) is 13.4. The summed E-state index contributed by atoms with van der Waals surface area (Å²) < 4.78 is 10.3. The van der Waals surface area contributed by atoms with Crippen molar-refractivity contribution in [1.29, 1.82) is 0 Å². The average Bonchev–Trinajstić information content (AvgIpc) is 3.30. The van der Waals surface area contributed by atoms with Crippen molar-refractivity contribution in [2.24, 2.45) is 5.92 Å². The number of likely N-dealkylation sites (tertiary alicyclic amines) is 1. The third kappa shape index (κ3) is 4.64. The molecule has 0 radical (unpaired) electrons. The van der Waals surface area contributed by atoms with E-state index in [9.17, 15) is 19.2 Å². The first-order valence-corrected chi connectivity index (χ1v) is 8.80. The molecule has 3 rings (SSSR count). The molecule has 0 bridgehead atoms. The van der Waals surface area contributed by atoms with Gasteiger partial charge in [0.25, 0.3) is 5.91 Å². The number of anilines is 1. The number of hydrogen-bond acceptors (Lipinski definition) is 6. The Balaban J connectivity index is 1.50. The first kappa shape index (κ1) is 19.3. The fraction of sp³-hybridized carbons (Fsp3) is 0.300. The van der Waals surface area contributed by atoms with Gasteiger partial charge in [-0.05, 0) is 31.2 Å². The minimum atomic E-state index is -0.625. The van der Waals surface area contributed by atoms with Gasteiger partial charge in [-0.15, -0.1) is 0 Å². The summed E-state index contributed by atoms with van der Waals surface area (Å²) in [6.45, 7) is 1.41. The van der Waals surface area contributed by atoms with Gasteiger partial charge in [0.05, 0.1) is 24.4 Å². The number of rotatable bonds is 7. The molecule has 1 aliphatic heterocycles. The van der Waals surface area contributed by atoms with Crippen LogP contribution in [0.2, 0.25) is 0 Å². The summed E-state index contributed by atoms with van der Waals surface area (Å²) in [7, 11) is 0. The number of amides is 2. The Morgan fingerprint density at radius 2 is 2.00 bits per heavy atom. The molecule has 2 amide bonds. The predicted molar refractivity (Wildman–Crippen MR) is 98.3 cm³/mol. The predicted octanol–water partition coefficient (Wildman–Crippen LogP) is 2.01. The van der Waals surface area contributed by atoms with Gasteiger partial charge in [0.2, 0.25) is 5.91 Å². The number of carbonyl (C=O) groups is 4. The van der Waals surface area contributed by atoms with E-state index < -0.39 is 24.4 Å². The lowest BCUT2D eigenvalue weighted by atomic mass is 10.1. The Bertz CT molecular complexity index is 890. The van der Waals surface area contributed by atoms with Crippen LogP contribution in [0.4, 0.5) is 5.69 Å². The van der Waals surface area contributed by atoms with Crippen molar-refractivity contribution < 1.29 is 28.3 Å². The van der Waals surface area contributed by atoms with E-state index in [-0.39, 0.29) is 31.2 Å². The minimum absolute atomic E-state index is 0.0360. The highest BCUT2D eigenvalue weighted by Crippen LogP contribution is 2.22. The summed E-state index contributed by atoms with van der Waals surface area (Å²) in [6, 6.07) is 10.1. The van der Waals surface area contributed by atoms with Gasteiger partial charge in [0.1, 0.15) is 5.76 Å². The van der Waals surface area contributed by atoms with Crippen LogP contribution in [0, 0.1) is 5.92 Å². The maximum atomic E-state index is 12.2. The molecule has 28 heavy (non-hydrogen) atoms. The maximum Gasteiger partial charge on any atom is 0.311 e. The normalized spacial score (nSPS) is 16.1. The minimum Gasteiger partial charge on any atom is -0.467 e. The molecule has 0 unspecified atom stereocenters. The van der Waals surface area contributed by atoms with Crippen molar-refractivity contribution in [2.75, 3.05) is 18.5 Å². The van der Waals surface area contributed by atoms with Gasteiger partial charge < -0.3 is 19.4 Å². The van der Waals surface area contributed by atoms with Crippen molar-refractivity contribution in [2.45, 2.75) is 19.9 Å². The molecule has 1 aromatic carbocycles. The lowest BCUT2D eigenvalue weighted by Crippen LogP contribution is -2.28. The molecule has 1 aromatic heterocycles. The lowest BCUT2D eigenvalue weighted by molar-refractivity contribution is -0.151. The number of para-hydroxylation sites is 1. The maximum absolute atomic E-state index is 12.2. The Morgan fingerprint density at radius 3 is 2.71 bits per heavy atom. The van der Waals surface area contributed by atoms with Crippen LogP contribution in [-0.2, 0) is 25.7 Å². The number of nitrogens with zero attached hydrogens (tertiary/aromatic N) is 1. The summed E-state index contributed by atoms with van der Waals surface area (Å²) in [5.74, 6) is -1.51. The number of benzene rings is 1. The monoisotopic (exact) mass is 384 g/mol. The molecule has 1 aliphatic rings. The number of esters is 1. The zero-order chi connectivity index (χ0) is 20.1. The summed E-state index contributed by atoms with van der Waals surface area (Å²) in [5, 5.41) is 2.56. The number of ether oxygens (including phenoxy) is 1. The average molecular weight is 384 g/mol. The van der Waals surface area contributed by atoms with Crippen molar-refractivity contribution in [3.05, 3.63) is 54.0 Å². The number of furan rings is 1. The van der Waals surface area contributed by atoms with E-state index in [0.717, 1.165) is 0 Å². The topological polar surface area (TPSA) is 106 Å². The molecule has 0 saturated carbocycles. The second-order valence-electron chi connectivity index (χ2n) is 6.51. The Hall–Kier alpha value is -3.42. The van der Waals surface area contributed by atoms with E-state index in [4.69, 9.17) is 9.15 Å². The molecule has 2 aromatic rings. The van der Waals surface area contributed by atoms with Crippen LogP contribution >= 0.6 is 0 Å². The lowest BCUT2D eigenvalue weighted by Gasteiger charge is -2.14. The quantitative estimate of drug-likeness (QED) is 0.578. The Labute approximate surface area is 161 Å². The van der Waals surface area contributed by atoms with Gasteiger partial charge in [0, 0.05) is 18.5 Å². The van der Waals surface area contributed by atoms with Gasteiger partial charge in [-0.25, -0.2) is 0 Å². The first-order valence-electron chi connectivity index (χ1n) is 8.80. The van der Waals surface area contributed by atoms with E-state index in [2.05, 4.69) is 5.32 Å². The van der Waals surface area contributed by atoms with Crippen LogP contribution in [-0.4, -0.2) is 41.6 Å². The molecule has 8 nitrogen and oxygen atoms in total. The second kappa shape index (κ2) is 8.51. The fourth-order valence-corrected chi connectivity index (χ4v) is 3.01. The Kier molecular flexibility index (Phi) is 5.88. The molecule has 2 heterocycles. The highest BCUT2D eigenvalue weighted by atomic mass is 16.5. The third-order valence-corrected chi connectivity index (χ3v) is 4.40. The smallest absolute Gasteiger partial charge is 0.311 e. The van der Waals surface area contributed by atoms with Crippen molar-refractivity contribution in [3.63, 3.8) is 0 Å². The van der Waals surface area contributed by atoms with Crippen LogP contribution in [0.3, 0.4) is 0 Å². The molecule has 146 valence electrons. The van der Waals surface area contributed by atoms with Crippen molar-refractivity contribution in [3.8, 4) is 0 Å². The van der Waals surface area contributed by atoms with E-state index in [1.54, 1.807) is 36.4 Å². The zero-order valence-corrected chi connectivity index (χ0v) is 15.3. The number of nitrogens with one attached hydrogen (secondary N) is 1. The number of ketones is 1. The fourth-order valence-electron chi connectivity index (χ4n) is 3.01. The molecule has 1 N–H and O–H groups in total. The summed E-state index contributed by atoms with van der Waals surface area (Å²) in [5.41, 5.74) is 0.730. The van der Waals surface area contributed by atoms with Gasteiger partial charge in [-0.2, -0.15) is 0 Å². The molecule has 1 saturated heterocycles. The highest BCUT2D eigenvalue weighted by Gasteiger charge is 2.35. The van der Waals surface area contributed by atoms with E-state index in [1.807, 2.05) is 0 Å². The number of hydrogen-bond donors (Lipinski definition) is 1. The SMILES string of the molecule is CC(=O)c1ccccc1NC(=O)COC(=O)[C@@H]1CC(=O)N(Cc2ccco2)C1. The van der Waals surface area contributed by atoms with Gasteiger partial charge in [-0.1, -0.05) is 12.1 Å². The zero-order valence-electron chi connectivity index (χ0n) is 15.3. The van der Waals surface area contributed by atoms with E-state index in [1.165, 1.54) is 18.1 Å². The summed E-state index contributed by atoms with van der Waals surface area (Å²) in [6.07, 6.45) is 1.55. The van der Waals surface area contributed by atoms with Gasteiger partial charge in [0.15, 0.2) is 12.4 Å². The molecule has 1 atom stereocenters. The number of Topliss-reactive ketones (excluding diaryl/α,β-unsaturated/α-hetero) is 1. The van der Waals surface area contributed by atoms with E-state index in [0.29, 0.717) is 17.0 Å². The number of carbonyl (C=O) groups excluding carboxylic acids is 4.